The fraction of sp³-hybridized carbons (Fsp3) is 0.0625. The predicted octanol–water partition coefficient (Wildman–Crippen LogP) is 4.55. The minimum atomic E-state index is -0.941. The van der Waals surface area contributed by atoms with Gasteiger partial charge in [-0.15, -0.1) is 0 Å². The van der Waals surface area contributed by atoms with Crippen LogP contribution in [0.1, 0.15) is 17.2 Å². The fourth-order valence-corrected chi connectivity index (χ4v) is 3.03. The molecule has 0 radical (unpaired) electrons. The molecule has 3 rings (SSSR count). The average molecular weight is 369 g/mol. The van der Waals surface area contributed by atoms with E-state index in [0.29, 0.717) is 31.9 Å². The highest BCUT2D eigenvalue weighted by atomic mass is 35.5. The lowest BCUT2D eigenvalue weighted by Crippen LogP contribution is -2.34. The zero-order valence-corrected chi connectivity index (χ0v) is 14.0. The molecule has 0 amide bonds. The standard InChI is InChI=1S/C16H12Cl3N3O/c17-11-3-1-10(2-4-11)16(23)15-13(18)7-12(8-14(15)19)22-9-20-5-6-21-22/h1-9,16,21,23H. The van der Waals surface area contributed by atoms with E-state index in [2.05, 4.69) is 10.4 Å². The Hall–Kier alpha value is -1.72. The molecule has 2 N–H and O–H groups in total. The van der Waals surface area contributed by atoms with Crippen LogP contribution < -0.4 is 10.4 Å². The molecule has 0 fully saturated rings. The first-order valence-electron chi connectivity index (χ1n) is 6.72. The number of aliphatic hydroxyl groups excluding tert-OH is 1. The van der Waals surface area contributed by atoms with Gasteiger partial charge in [-0.25, -0.2) is 10.0 Å². The summed E-state index contributed by atoms with van der Waals surface area (Å²) >= 11 is 18.6. The van der Waals surface area contributed by atoms with E-state index in [4.69, 9.17) is 34.8 Å². The smallest absolute Gasteiger partial charge is 0.115 e. The van der Waals surface area contributed by atoms with Gasteiger partial charge in [0.25, 0.3) is 0 Å². The summed E-state index contributed by atoms with van der Waals surface area (Å²) in [7, 11) is 0. The van der Waals surface area contributed by atoms with Crippen molar-refractivity contribution >= 4 is 46.8 Å². The fourth-order valence-electron chi connectivity index (χ4n) is 2.22. The Balaban J connectivity index is 1.95. The predicted molar refractivity (Wildman–Crippen MR) is 95.2 cm³/mol. The van der Waals surface area contributed by atoms with Gasteiger partial charge in [-0.3, -0.25) is 5.43 Å². The second kappa shape index (κ2) is 6.81. The summed E-state index contributed by atoms with van der Waals surface area (Å²) in [5.41, 5.74) is 4.80. The van der Waals surface area contributed by atoms with Crippen molar-refractivity contribution in [2.24, 2.45) is 4.99 Å². The van der Waals surface area contributed by atoms with Crippen molar-refractivity contribution in [3.05, 3.63) is 75.0 Å². The molecule has 1 heterocycles. The number of benzene rings is 2. The lowest BCUT2D eigenvalue weighted by molar-refractivity contribution is 0.220. The summed E-state index contributed by atoms with van der Waals surface area (Å²) in [6, 6.07) is 10.3. The van der Waals surface area contributed by atoms with E-state index < -0.39 is 6.10 Å². The van der Waals surface area contributed by atoms with Crippen LogP contribution in [-0.2, 0) is 0 Å². The maximum absolute atomic E-state index is 10.6. The van der Waals surface area contributed by atoms with Crippen LogP contribution in [0.25, 0.3) is 0 Å². The van der Waals surface area contributed by atoms with Crippen LogP contribution in [0.2, 0.25) is 15.1 Å². The number of hydrogen-bond acceptors (Lipinski definition) is 4. The molecule has 0 saturated heterocycles. The van der Waals surface area contributed by atoms with Crippen molar-refractivity contribution in [1.29, 1.82) is 0 Å². The summed E-state index contributed by atoms with van der Waals surface area (Å²) in [5, 5.41) is 13.5. The first kappa shape index (κ1) is 16.1. The van der Waals surface area contributed by atoms with Gasteiger partial charge >= 0.3 is 0 Å². The van der Waals surface area contributed by atoms with Crippen LogP contribution in [0, 0.1) is 0 Å². The number of nitrogens with zero attached hydrogens (tertiary/aromatic N) is 2. The largest absolute Gasteiger partial charge is 0.384 e. The van der Waals surface area contributed by atoms with Gasteiger partial charge in [0, 0.05) is 23.0 Å². The van der Waals surface area contributed by atoms with E-state index in [0.717, 1.165) is 0 Å². The van der Waals surface area contributed by atoms with Gasteiger partial charge in [-0.1, -0.05) is 46.9 Å². The van der Waals surface area contributed by atoms with E-state index in [1.165, 1.54) is 0 Å². The van der Waals surface area contributed by atoms with Crippen molar-refractivity contribution in [3.8, 4) is 0 Å². The van der Waals surface area contributed by atoms with Gasteiger partial charge in [0.2, 0.25) is 0 Å². The molecule has 1 aliphatic heterocycles. The van der Waals surface area contributed by atoms with E-state index in [9.17, 15) is 5.11 Å². The molecule has 2 aromatic carbocycles. The molecule has 23 heavy (non-hydrogen) atoms. The Bertz CT molecular complexity index is 752. The molecule has 1 unspecified atom stereocenters. The van der Waals surface area contributed by atoms with Crippen LogP contribution in [0.3, 0.4) is 0 Å². The van der Waals surface area contributed by atoms with E-state index in [1.54, 1.807) is 60.1 Å². The molecule has 1 aliphatic rings. The Morgan fingerprint density at radius 2 is 1.70 bits per heavy atom. The molecule has 0 spiro atoms. The van der Waals surface area contributed by atoms with Gasteiger partial charge in [0.1, 0.15) is 12.4 Å². The van der Waals surface area contributed by atoms with Crippen LogP contribution in [0.5, 0.6) is 0 Å². The van der Waals surface area contributed by atoms with Gasteiger partial charge in [0.15, 0.2) is 0 Å². The van der Waals surface area contributed by atoms with Crippen molar-refractivity contribution < 1.29 is 5.11 Å². The number of aliphatic imine (C=N–C) groups is 1. The second-order valence-corrected chi connectivity index (χ2v) is 6.11. The SMILES string of the molecule is OC(c1ccc(Cl)cc1)c1c(Cl)cc(N2C=NC=CN2)cc1Cl. The molecule has 2 aromatic rings. The van der Waals surface area contributed by atoms with E-state index >= 15 is 0 Å². The van der Waals surface area contributed by atoms with Crippen LogP contribution >= 0.6 is 34.8 Å². The maximum Gasteiger partial charge on any atom is 0.115 e. The Morgan fingerprint density at radius 1 is 1.04 bits per heavy atom. The monoisotopic (exact) mass is 367 g/mol. The summed E-state index contributed by atoms with van der Waals surface area (Å²) < 4.78 is 0. The first-order valence-corrected chi connectivity index (χ1v) is 7.86. The quantitative estimate of drug-likeness (QED) is 0.835. The van der Waals surface area contributed by atoms with Crippen molar-refractivity contribution in [2.75, 3.05) is 5.01 Å². The number of hydrazine groups is 1. The molecule has 7 heteroatoms. The van der Waals surface area contributed by atoms with E-state index in [-0.39, 0.29) is 0 Å². The zero-order chi connectivity index (χ0) is 16.4. The lowest BCUT2D eigenvalue weighted by Gasteiger charge is -2.23. The van der Waals surface area contributed by atoms with Gasteiger partial charge in [0.05, 0.1) is 15.7 Å². The lowest BCUT2D eigenvalue weighted by atomic mass is 10.0. The number of halogens is 3. The topological polar surface area (TPSA) is 47.9 Å². The van der Waals surface area contributed by atoms with E-state index in [1.807, 2.05) is 0 Å². The Kier molecular flexibility index (Phi) is 4.78. The Labute approximate surface area is 148 Å². The molecule has 0 aliphatic carbocycles. The van der Waals surface area contributed by atoms with Gasteiger partial charge in [-0.2, -0.15) is 0 Å². The molecule has 4 nitrogen and oxygen atoms in total. The number of anilines is 1. The molecule has 0 bridgehead atoms. The highest BCUT2D eigenvalue weighted by Gasteiger charge is 2.20. The molecular weight excluding hydrogens is 357 g/mol. The second-order valence-electron chi connectivity index (χ2n) is 4.86. The molecule has 0 saturated carbocycles. The number of rotatable bonds is 3. The summed E-state index contributed by atoms with van der Waals surface area (Å²) in [4.78, 5) is 4.02. The Morgan fingerprint density at radius 3 is 2.26 bits per heavy atom. The minimum absolute atomic E-state index is 0.361. The molecule has 0 aromatic heterocycles. The third kappa shape index (κ3) is 3.46. The molecule has 118 valence electrons. The third-order valence-corrected chi connectivity index (χ3v) is 4.23. The average Bonchev–Trinajstić information content (AvgIpc) is 2.55. The van der Waals surface area contributed by atoms with Gasteiger partial charge in [-0.05, 0) is 29.8 Å². The van der Waals surface area contributed by atoms with Gasteiger partial charge < -0.3 is 5.11 Å². The zero-order valence-electron chi connectivity index (χ0n) is 11.7. The number of aliphatic hydroxyl groups is 1. The molecular formula is C16H12Cl3N3O. The van der Waals surface area contributed by atoms with Crippen LogP contribution in [0.15, 0.2) is 53.8 Å². The highest BCUT2D eigenvalue weighted by molar-refractivity contribution is 6.36. The van der Waals surface area contributed by atoms with Crippen molar-refractivity contribution in [1.82, 2.24) is 5.43 Å². The van der Waals surface area contributed by atoms with Crippen LogP contribution in [-0.4, -0.2) is 11.4 Å². The first-order chi connectivity index (χ1) is 11.1. The summed E-state index contributed by atoms with van der Waals surface area (Å²) in [6.45, 7) is 0. The number of hydrogen-bond donors (Lipinski definition) is 2. The summed E-state index contributed by atoms with van der Waals surface area (Å²) in [6.07, 6.45) is 3.96. The van der Waals surface area contributed by atoms with Crippen molar-refractivity contribution in [2.45, 2.75) is 6.10 Å². The maximum atomic E-state index is 10.6. The summed E-state index contributed by atoms with van der Waals surface area (Å²) in [5.74, 6) is 0. The number of nitrogens with one attached hydrogen (secondary N) is 1. The van der Waals surface area contributed by atoms with Crippen molar-refractivity contribution in [3.63, 3.8) is 0 Å². The van der Waals surface area contributed by atoms with Crippen LogP contribution in [0.4, 0.5) is 5.69 Å². The third-order valence-electron chi connectivity index (χ3n) is 3.36. The molecule has 1 atom stereocenters. The minimum Gasteiger partial charge on any atom is -0.384 e. The highest BCUT2D eigenvalue weighted by Crippen LogP contribution is 2.37. The normalized spacial score (nSPS) is 14.7.